The molecule has 6 heteroatoms. The standard InChI is InChI=1S/C14H12BrClN2OS/c15-9-2-1-3-11(6-9)20-8-14(19)18-13-7-10(16)4-5-12(13)17/h1-7H,8,17H2,(H,18,19). The monoisotopic (exact) mass is 370 g/mol. The third kappa shape index (κ3) is 4.44. The van der Waals surface area contributed by atoms with Crippen molar-refractivity contribution in [2.24, 2.45) is 0 Å². The van der Waals surface area contributed by atoms with Gasteiger partial charge in [-0.2, -0.15) is 0 Å². The van der Waals surface area contributed by atoms with E-state index in [0.717, 1.165) is 9.37 Å². The summed E-state index contributed by atoms with van der Waals surface area (Å²) in [7, 11) is 0. The number of hydrogen-bond donors (Lipinski definition) is 2. The predicted octanol–water partition coefficient (Wildman–Crippen LogP) is 4.42. The van der Waals surface area contributed by atoms with E-state index in [1.807, 2.05) is 24.3 Å². The van der Waals surface area contributed by atoms with E-state index in [9.17, 15) is 4.79 Å². The zero-order valence-corrected chi connectivity index (χ0v) is 13.6. The summed E-state index contributed by atoms with van der Waals surface area (Å²) in [5.74, 6) is 0.187. The summed E-state index contributed by atoms with van der Waals surface area (Å²) < 4.78 is 0.988. The molecule has 1 amide bonds. The number of carbonyl (C=O) groups excluding carboxylic acids is 1. The number of rotatable bonds is 4. The number of carbonyl (C=O) groups is 1. The Balaban J connectivity index is 1.94. The van der Waals surface area contributed by atoms with Crippen LogP contribution in [0.3, 0.4) is 0 Å². The average Bonchev–Trinajstić information content (AvgIpc) is 2.41. The number of halogens is 2. The van der Waals surface area contributed by atoms with Gasteiger partial charge in [0, 0.05) is 14.4 Å². The Labute approximate surface area is 135 Å². The van der Waals surface area contributed by atoms with Crippen LogP contribution in [0.15, 0.2) is 51.8 Å². The lowest BCUT2D eigenvalue weighted by Crippen LogP contribution is -2.15. The minimum absolute atomic E-state index is 0.121. The van der Waals surface area contributed by atoms with Crippen LogP contribution in [-0.4, -0.2) is 11.7 Å². The van der Waals surface area contributed by atoms with Crippen LogP contribution in [0.1, 0.15) is 0 Å². The average molecular weight is 372 g/mol. The number of nitrogen functional groups attached to an aromatic ring is 1. The minimum Gasteiger partial charge on any atom is -0.397 e. The second-order valence-corrected chi connectivity index (χ2v) is 6.43. The normalized spacial score (nSPS) is 10.3. The van der Waals surface area contributed by atoms with E-state index < -0.39 is 0 Å². The van der Waals surface area contributed by atoms with Gasteiger partial charge in [-0.05, 0) is 36.4 Å². The Kier molecular flexibility index (Phi) is 5.34. The molecule has 0 aliphatic heterocycles. The van der Waals surface area contributed by atoms with Crippen LogP contribution < -0.4 is 11.1 Å². The summed E-state index contributed by atoms with van der Waals surface area (Å²) in [4.78, 5) is 12.9. The van der Waals surface area contributed by atoms with Gasteiger partial charge in [0.15, 0.2) is 0 Å². The molecule has 0 unspecified atom stereocenters. The van der Waals surface area contributed by atoms with Crippen LogP contribution in [0.2, 0.25) is 5.02 Å². The van der Waals surface area contributed by atoms with E-state index >= 15 is 0 Å². The number of benzene rings is 2. The molecule has 0 saturated heterocycles. The van der Waals surface area contributed by atoms with Gasteiger partial charge in [-0.3, -0.25) is 4.79 Å². The Bertz CT molecular complexity index is 636. The molecular weight excluding hydrogens is 360 g/mol. The van der Waals surface area contributed by atoms with Crippen LogP contribution in [0.5, 0.6) is 0 Å². The zero-order chi connectivity index (χ0) is 14.5. The van der Waals surface area contributed by atoms with Crippen LogP contribution in [0.4, 0.5) is 11.4 Å². The van der Waals surface area contributed by atoms with Crippen molar-refractivity contribution in [2.75, 3.05) is 16.8 Å². The lowest BCUT2D eigenvalue weighted by molar-refractivity contribution is -0.113. The van der Waals surface area contributed by atoms with Crippen molar-refractivity contribution in [2.45, 2.75) is 4.90 Å². The molecule has 0 atom stereocenters. The summed E-state index contributed by atoms with van der Waals surface area (Å²) in [5, 5.41) is 3.29. The molecule has 3 N–H and O–H groups in total. The molecule has 0 aliphatic carbocycles. The van der Waals surface area contributed by atoms with Crippen molar-refractivity contribution in [1.82, 2.24) is 0 Å². The minimum atomic E-state index is -0.121. The fourth-order valence-corrected chi connectivity index (χ4v) is 3.01. The summed E-state index contributed by atoms with van der Waals surface area (Å²) in [6.07, 6.45) is 0. The fraction of sp³-hybridized carbons (Fsp3) is 0.0714. The van der Waals surface area contributed by atoms with Gasteiger partial charge in [0.25, 0.3) is 0 Å². The molecule has 2 aromatic carbocycles. The van der Waals surface area contributed by atoms with Gasteiger partial charge >= 0.3 is 0 Å². The van der Waals surface area contributed by atoms with E-state index in [4.69, 9.17) is 17.3 Å². The maximum Gasteiger partial charge on any atom is 0.234 e. The number of amides is 1. The Morgan fingerprint density at radius 3 is 2.85 bits per heavy atom. The first-order chi connectivity index (χ1) is 9.54. The summed E-state index contributed by atoms with van der Waals surface area (Å²) >= 11 is 10.7. The first-order valence-corrected chi connectivity index (χ1v) is 7.93. The predicted molar refractivity (Wildman–Crippen MR) is 89.4 cm³/mol. The lowest BCUT2D eigenvalue weighted by atomic mass is 10.2. The molecule has 0 saturated carbocycles. The van der Waals surface area contributed by atoms with Gasteiger partial charge in [-0.25, -0.2) is 0 Å². The Morgan fingerprint density at radius 1 is 1.30 bits per heavy atom. The van der Waals surface area contributed by atoms with E-state index in [-0.39, 0.29) is 5.91 Å². The van der Waals surface area contributed by atoms with Crippen LogP contribution in [0, 0.1) is 0 Å². The summed E-state index contributed by atoms with van der Waals surface area (Å²) in [6, 6.07) is 12.8. The highest BCUT2D eigenvalue weighted by Crippen LogP contribution is 2.25. The highest BCUT2D eigenvalue weighted by atomic mass is 79.9. The SMILES string of the molecule is Nc1ccc(Cl)cc1NC(=O)CSc1cccc(Br)c1. The van der Waals surface area contributed by atoms with Crippen molar-refractivity contribution in [1.29, 1.82) is 0 Å². The largest absolute Gasteiger partial charge is 0.397 e. The van der Waals surface area contributed by atoms with Crippen molar-refractivity contribution < 1.29 is 4.79 Å². The van der Waals surface area contributed by atoms with Gasteiger partial charge in [-0.1, -0.05) is 33.6 Å². The maximum absolute atomic E-state index is 11.9. The molecule has 0 radical (unpaired) electrons. The van der Waals surface area contributed by atoms with Crippen molar-refractivity contribution >= 4 is 56.6 Å². The van der Waals surface area contributed by atoms with E-state index in [0.29, 0.717) is 22.2 Å². The smallest absolute Gasteiger partial charge is 0.234 e. The van der Waals surface area contributed by atoms with Gasteiger partial charge in [0.05, 0.1) is 17.1 Å². The van der Waals surface area contributed by atoms with Gasteiger partial charge in [-0.15, -0.1) is 11.8 Å². The lowest BCUT2D eigenvalue weighted by Gasteiger charge is -2.08. The highest BCUT2D eigenvalue weighted by Gasteiger charge is 2.07. The molecule has 3 nitrogen and oxygen atoms in total. The molecule has 0 aliphatic rings. The number of thioether (sulfide) groups is 1. The Morgan fingerprint density at radius 2 is 2.10 bits per heavy atom. The number of hydrogen-bond acceptors (Lipinski definition) is 3. The molecule has 0 heterocycles. The van der Waals surface area contributed by atoms with Gasteiger partial charge in [0.2, 0.25) is 5.91 Å². The molecule has 0 bridgehead atoms. The first kappa shape index (κ1) is 15.2. The first-order valence-electron chi connectivity index (χ1n) is 5.78. The van der Waals surface area contributed by atoms with Crippen molar-refractivity contribution in [3.05, 3.63) is 52.0 Å². The van der Waals surface area contributed by atoms with Crippen LogP contribution in [-0.2, 0) is 4.79 Å². The number of nitrogens with one attached hydrogen (secondary N) is 1. The van der Waals surface area contributed by atoms with Gasteiger partial charge in [0.1, 0.15) is 0 Å². The van der Waals surface area contributed by atoms with E-state index in [1.165, 1.54) is 11.8 Å². The van der Waals surface area contributed by atoms with E-state index in [1.54, 1.807) is 18.2 Å². The molecule has 20 heavy (non-hydrogen) atoms. The molecule has 0 fully saturated rings. The van der Waals surface area contributed by atoms with Crippen molar-refractivity contribution in [3.8, 4) is 0 Å². The number of nitrogens with two attached hydrogens (primary N) is 1. The molecule has 2 aromatic rings. The Hall–Kier alpha value is -1.17. The molecular formula is C14H12BrClN2OS. The fourth-order valence-electron chi connectivity index (χ4n) is 1.53. The second kappa shape index (κ2) is 7.02. The molecule has 104 valence electrons. The summed E-state index contributed by atoms with van der Waals surface area (Å²) in [5.41, 5.74) is 6.81. The third-order valence-corrected chi connectivity index (χ3v) is 4.18. The molecule has 0 aromatic heterocycles. The molecule has 2 rings (SSSR count). The van der Waals surface area contributed by atoms with E-state index in [2.05, 4.69) is 21.2 Å². The molecule has 0 spiro atoms. The second-order valence-electron chi connectivity index (χ2n) is 4.03. The van der Waals surface area contributed by atoms with Crippen LogP contribution >= 0.6 is 39.3 Å². The highest BCUT2D eigenvalue weighted by molar-refractivity contribution is 9.10. The van der Waals surface area contributed by atoms with Gasteiger partial charge < -0.3 is 11.1 Å². The summed E-state index contributed by atoms with van der Waals surface area (Å²) in [6.45, 7) is 0. The van der Waals surface area contributed by atoms with Crippen molar-refractivity contribution in [3.63, 3.8) is 0 Å². The zero-order valence-electron chi connectivity index (χ0n) is 10.4. The maximum atomic E-state index is 11.9. The third-order valence-electron chi connectivity index (χ3n) is 2.46. The number of anilines is 2. The topological polar surface area (TPSA) is 55.1 Å². The quantitative estimate of drug-likeness (QED) is 0.618. The van der Waals surface area contributed by atoms with Crippen LogP contribution in [0.25, 0.3) is 0 Å².